The normalized spacial score (nSPS) is 10.5. The molecule has 0 spiro atoms. The minimum Gasteiger partial charge on any atom is -0.389 e. The Hall–Kier alpha value is -2.10. The Bertz CT molecular complexity index is 616. The van der Waals surface area contributed by atoms with E-state index in [1.807, 2.05) is 25.1 Å². The number of aromatic amines is 1. The lowest BCUT2D eigenvalue weighted by atomic mass is 10.2. The lowest BCUT2D eigenvalue weighted by Crippen LogP contribution is -2.15. The first-order valence-corrected chi connectivity index (χ1v) is 6.04. The molecule has 1 aromatic heterocycles. The van der Waals surface area contributed by atoms with Gasteiger partial charge in [0.1, 0.15) is 5.82 Å². The van der Waals surface area contributed by atoms with Crippen molar-refractivity contribution in [3.63, 3.8) is 0 Å². The first-order chi connectivity index (χ1) is 8.66. The zero-order chi connectivity index (χ0) is 13.0. The first-order valence-electron chi connectivity index (χ1n) is 6.04. The lowest BCUT2D eigenvalue weighted by Gasteiger charge is -2.05. The van der Waals surface area contributed by atoms with Gasteiger partial charge in [-0.25, -0.2) is 4.98 Å². The highest BCUT2D eigenvalue weighted by atomic mass is 16.1. The highest BCUT2D eigenvalue weighted by Gasteiger charge is 2.02. The van der Waals surface area contributed by atoms with Gasteiger partial charge in [0, 0.05) is 18.7 Å². The van der Waals surface area contributed by atoms with E-state index in [9.17, 15) is 4.79 Å². The SMILES string of the molecule is C=C(C)NCCCc1nc2ccccc2c(=O)[nH]1. The molecule has 1 aromatic carbocycles. The monoisotopic (exact) mass is 243 g/mol. The van der Waals surface area contributed by atoms with Crippen LogP contribution in [0.3, 0.4) is 0 Å². The number of rotatable bonds is 5. The molecule has 0 aliphatic carbocycles. The minimum absolute atomic E-state index is 0.0662. The predicted octanol–water partition coefficient (Wildman–Crippen LogP) is 1.98. The average Bonchev–Trinajstić information content (AvgIpc) is 2.35. The van der Waals surface area contributed by atoms with E-state index in [4.69, 9.17) is 0 Å². The van der Waals surface area contributed by atoms with Gasteiger partial charge in [0.05, 0.1) is 10.9 Å². The topological polar surface area (TPSA) is 57.8 Å². The number of benzene rings is 1. The van der Waals surface area contributed by atoms with Gasteiger partial charge in [-0.05, 0) is 25.5 Å². The fourth-order valence-electron chi connectivity index (χ4n) is 1.81. The summed E-state index contributed by atoms with van der Waals surface area (Å²) in [7, 11) is 0. The van der Waals surface area contributed by atoms with E-state index in [-0.39, 0.29) is 5.56 Å². The Labute approximate surface area is 106 Å². The summed E-state index contributed by atoms with van der Waals surface area (Å²) in [6.45, 7) is 6.54. The minimum atomic E-state index is -0.0662. The smallest absolute Gasteiger partial charge is 0.258 e. The van der Waals surface area contributed by atoms with E-state index < -0.39 is 0 Å². The van der Waals surface area contributed by atoms with Gasteiger partial charge >= 0.3 is 0 Å². The Balaban J connectivity index is 2.10. The number of hydrogen-bond acceptors (Lipinski definition) is 3. The van der Waals surface area contributed by atoms with Gasteiger partial charge in [0.15, 0.2) is 0 Å². The Kier molecular flexibility index (Phi) is 3.77. The molecule has 2 aromatic rings. The van der Waals surface area contributed by atoms with Crippen molar-refractivity contribution < 1.29 is 0 Å². The summed E-state index contributed by atoms with van der Waals surface area (Å²) < 4.78 is 0. The third-order valence-electron chi connectivity index (χ3n) is 2.68. The summed E-state index contributed by atoms with van der Waals surface area (Å²) in [5.74, 6) is 0.738. The van der Waals surface area contributed by atoms with E-state index in [1.54, 1.807) is 6.07 Å². The molecular weight excluding hydrogens is 226 g/mol. The van der Waals surface area contributed by atoms with Crippen LogP contribution in [0.25, 0.3) is 10.9 Å². The van der Waals surface area contributed by atoms with Crippen LogP contribution < -0.4 is 10.9 Å². The van der Waals surface area contributed by atoms with Crippen LogP contribution in [0.2, 0.25) is 0 Å². The molecule has 4 nitrogen and oxygen atoms in total. The zero-order valence-electron chi connectivity index (χ0n) is 10.5. The van der Waals surface area contributed by atoms with E-state index in [1.165, 1.54) is 0 Å². The van der Waals surface area contributed by atoms with Crippen molar-refractivity contribution >= 4 is 10.9 Å². The van der Waals surface area contributed by atoms with E-state index in [2.05, 4.69) is 21.9 Å². The Morgan fingerprint density at radius 1 is 1.44 bits per heavy atom. The van der Waals surface area contributed by atoms with Crippen LogP contribution in [0.4, 0.5) is 0 Å². The maximum Gasteiger partial charge on any atom is 0.258 e. The van der Waals surface area contributed by atoms with E-state index in [0.717, 1.165) is 36.4 Å². The number of hydrogen-bond donors (Lipinski definition) is 2. The Morgan fingerprint density at radius 3 is 3.00 bits per heavy atom. The molecule has 0 atom stereocenters. The zero-order valence-corrected chi connectivity index (χ0v) is 10.5. The molecule has 0 aliphatic heterocycles. The lowest BCUT2D eigenvalue weighted by molar-refractivity contribution is 0.704. The number of para-hydroxylation sites is 1. The van der Waals surface area contributed by atoms with Crippen LogP contribution in [0, 0.1) is 0 Å². The van der Waals surface area contributed by atoms with Gasteiger partial charge in [0.25, 0.3) is 5.56 Å². The quantitative estimate of drug-likeness (QED) is 0.789. The van der Waals surface area contributed by atoms with Crippen molar-refractivity contribution in [2.24, 2.45) is 0 Å². The molecular formula is C14H17N3O. The molecule has 1 heterocycles. The highest BCUT2D eigenvalue weighted by Crippen LogP contribution is 2.06. The van der Waals surface area contributed by atoms with Crippen molar-refractivity contribution in [2.45, 2.75) is 19.8 Å². The summed E-state index contributed by atoms with van der Waals surface area (Å²) in [6.07, 6.45) is 1.66. The molecule has 4 heteroatoms. The van der Waals surface area contributed by atoms with E-state index >= 15 is 0 Å². The number of nitrogens with one attached hydrogen (secondary N) is 2. The summed E-state index contributed by atoms with van der Waals surface area (Å²) in [5, 5.41) is 3.79. The summed E-state index contributed by atoms with van der Waals surface area (Å²) >= 11 is 0. The second-order valence-corrected chi connectivity index (χ2v) is 4.34. The third-order valence-corrected chi connectivity index (χ3v) is 2.68. The molecule has 0 saturated heterocycles. The molecule has 0 radical (unpaired) electrons. The summed E-state index contributed by atoms with van der Waals surface area (Å²) in [6, 6.07) is 7.38. The van der Waals surface area contributed by atoms with Crippen molar-refractivity contribution in [1.29, 1.82) is 0 Å². The number of fused-ring (bicyclic) bond motifs is 1. The van der Waals surface area contributed by atoms with Crippen LogP contribution in [-0.2, 0) is 6.42 Å². The van der Waals surface area contributed by atoms with Gasteiger partial charge in [0.2, 0.25) is 0 Å². The average molecular weight is 243 g/mol. The number of H-pyrrole nitrogens is 1. The molecule has 0 amide bonds. The van der Waals surface area contributed by atoms with Gasteiger partial charge in [-0.15, -0.1) is 0 Å². The molecule has 0 bridgehead atoms. The number of aromatic nitrogens is 2. The van der Waals surface area contributed by atoms with Crippen molar-refractivity contribution in [1.82, 2.24) is 15.3 Å². The predicted molar refractivity (Wildman–Crippen MR) is 73.5 cm³/mol. The van der Waals surface area contributed by atoms with Gasteiger partial charge in [-0.3, -0.25) is 4.79 Å². The molecule has 0 fully saturated rings. The molecule has 0 unspecified atom stereocenters. The standard InChI is InChI=1S/C14H17N3O/c1-10(2)15-9-5-8-13-16-12-7-4-3-6-11(12)14(18)17-13/h3-4,6-7,15H,1,5,8-9H2,2H3,(H,16,17,18). The third kappa shape index (κ3) is 2.97. The summed E-state index contributed by atoms with van der Waals surface area (Å²) in [4.78, 5) is 19.1. The number of nitrogens with zero attached hydrogens (tertiary/aromatic N) is 1. The number of aryl methyl sites for hydroxylation is 1. The second kappa shape index (κ2) is 5.49. The highest BCUT2D eigenvalue weighted by molar-refractivity contribution is 5.77. The van der Waals surface area contributed by atoms with Crippen LogP contribution in [-0.4, -0.2) is 16.5 Å². The first kappa shape index (κ1) is 12.4. The van der Waals surface area contributed by atoms with Gasteiger partial charge < -0.3 is 10.3 Å². The molecule has 94 valence electrons. The van der Waals surface area contributed by atoms with Crippen LogP contribution in [0.1, 0.15) is 19.2 Å². The van der Waals surface area contributed by atoms with Crippen LogP contribution in [0.5, 0.6) is 0 Å². The van der Waals surface area contributed by atoms with Gasteiger partial charge in [-0.1, -0.05) is 18.7 Å². The van der Waals surface area contributed by atoms with Gasteiger partial charge in [-0.2, -0.15) is 0 Å². The maximum atomic E-state index is 11.8. The Morgan fingerprint density at radius 2 is 2.22 bits per heavy atom. The van der Waals surface area contributed by atoms with Crippen LogP contribution >= 0.6 is 0 Å². The second-order valence-electron chi connectivity index (χ2n) is 4.34. The van der Waals surface area contributed by atoms with Crippen LogP contribution in [0.15, 0.2) is 41.3 Å². The van der Waals surface area contributed by atoms with Crippen molar-refractivity contribution in [3.8, 4) is 0 Å². The fraction of sp³-hybridized carbons (Fsp3) is 0.286. The molecule has 0 saturated carbocycles. The largest absolute Gasteiger partial charge is 0.389 e. The molecule has 18 heavy (non-hydrogen) atoms. The maximum absolute atomic E-state index is 11.8. The van der Waals surface area contributed by atoms with E-state index in [0.29, 0.717) is 5.39 Å². The van der Waals surface area contributed by atoms with Crippen molar-refractivity contribution in [3.05, 3.63) is 52.7 Å². The number of allylic oxidation sites excluding steroid dienone is 1. The van der Waals surface area contributed by atoms with Crippen molar-refractivity contribution in [2.75, 3.05) is 6.54 Å². The molecule has 0 aliphatic rings. The summed E-state index contributed by atoms with van der Waals surface area (Å²) in [5.41, 5.74) is 1.64. The molecule has 2 rings (SSSR count). The fourth-order valence-corrected chi connectivity index (χ4v) is 1.81. The molecule has 2 N–H and O–H groups in total.